The van der Waals surface area contributed by atoms with Crippen molar-refractivity contribution in [3.8, 4) is 0 Å². The number of benzene rings is 3. The van der Waals surface area contributed by atoms with Gasteiger partial charge in [0.25, 0.3) is 0 Å². The number of halogens is 2. The van der Waals surface area contributed by atoms with Crippen LogP contribution in [0.15, 0.2) is 78.9 Å². The maximum atomic E-state index is 13.3. The summed E-state index contributed by atoms with van der Waals surface area (Å²) in [5, 5.41) is 6.85. The summed E-state index contributed by atoms with van der Waals surface area (Å²) in [6.07, 6.45) is 0. The van der Waals surface area contributed by atoms with Crippen molar-refractivity contribution in [1.29, 1.82) is 0 Å². The zero-order valence-corrected chi connectivity index (χ0v) is 14.8. The molecule has 0 aliphatic heterocycles. The maximum Gasteiger partial charge on any atom is 0.171 e. The molecule has 0 unspecified atom stereocenters. The lowest BCUT2D eigenvalue weighted by atomic mass is 9.99. The highest BCUT2D eigenvalue weighted by atomic mass is 35.5. The molecule has 3 rings (SSSR count). The molecule has 0 heterocycles. The van der Waals surface area contributed by atoms with Crippen LogP contribution in [-0.2, 0) is 0 Å². The van der Waals surface area contributed by atoms with E-state index in [1.165, 1.54) is 12.1 Å². The van der Waals surface area contributed by atoms with E-state index in [4.69, 9.17) is 23.8 Å². The van der Waals surface area contributed by atoms with E-state index in [0.717, 1.165) is 11.1 Å². The summed E-state index contributed by atoms with van der Waals surface area (Å²) in [4.78, 5) is 0. The minimum atomic E-state index is -0.461. The molecule has 0 aromatic heterocycles. The van der Waals surface area contributed by atoms with Gasteiger partial charge in [-0.1, -0.05) is 72.3 Å². The molecule has 2 nitrogen and oxygen atoms in total. The number of anilines is 1. The second kappa shape index (κ2) is 8.10. The fourth-order valence-corrected chi connectivity index (χ4v) is 2.94. The molecule has 0 radical (unpaired) electrons. The molecule has 3 aromatic carbocycles. The van der Waals surface area contributed by atoms with Crippen molar-refractivity contribution in [1.82, 2.24) is 5.32 Å². The van der Waals surface area contributed by atoms with E-state index < -0.39 is 5.82 Å². The van der Waals surface area contributed by atoms with Crippen LogP contribution in [0.25, 0.3) is 0 Å². The molecule has 0 saturated carbocycles. The van der Waals surface area contributed by atoms with E-state index in [-0.39, 0.29) is 11.1 Å². The second-order valence-corrected chi connectivity index (χ2v) is 6.30. The Kier molecular flexibility index (Phi) is 5.64. The predicted octanol–water partition coefficient (Wildman–Crippen LogP) is 5.56. The van der Waals surface area contributed by atoms with E-state index in [0.29, 0.717) is 10.8 Å². The first kappa shape index (κ1) is 17.4. The maximum absolute atomic E-state index is 13.3. The minimum absolute atomic E-state index is 0.0514. The minimum Gasteiger partial charge on any atom is -0.352 e. The highest BCUT2D eigenvalue weighted by Crippen LogP contribution is 2.23. The number of hydrogen-bond acceptors (Lipinski definition) is 1. The lowest BCUT2D eigenvalue weighted by Crippen LogP contribution is -2.33. The lowest BCUT2D eigenvalue weighted by molar-refractivity contribution is 0.628. The summed E-state index contributed by atoms with van der Waals surface area (Å²) in [6.45, 7) is 0. The third-order valence-electron chi connectivity index (χ3n) is 3.72. The molecule has 0 aliphatic rings. The molecule has 0 spiro atoms. The van der Waals surface area contributed by atoms with Crippen LogP contribution in [0.3, 0.4) is 0 Å². The smallest absolute Gasteiger partial charge is 0.171 e. The number of thiocarbonyl (C=S) groups is 1. The first-order valence-corrected chi connectivity index (χ1v) is 8.54. The summed E-state index contributed by atoms with van der Waals surface area (Å²) in [5.74, 6) is -0.461. The molecule has 0 atom stereocenters. The van der Waals surface area contributed by atoms with Gasteiger partial charge >= 0.3 is 0 Å². The molecule has 0 aliphatic carbocycles. The van der Waals surface area contributed by atoms with Crippen LogP contribution in [-0.4, -0.2) is 5.11 Å². The van der Waals surface area contributed by atoms with Gasteiger partial charge in [0.1, 0.15) is 5.82 Å². The molecule has 0 saturated heterocycles. The Bertz CT molecular complexity index is 817. The quantitative estimate of drug-likeness (QED) is 0.588. The van der Waals surface area contributed by atoms with Gasteiger partial charge in [0.15, 0.2) is 5.11 Å². The summed E-state index contributed by atoms with van der Waals surface area (Å²) < 4.78 is 13.3. The first-order valence-electron chi connectivity index (χ1n) is 7.76. The molecular formula is C20H16ClFN2S. The predicted molar refractivity (Wildman–Crippen MR) is 105 cm³/mol. The van der Waals surface area contributed by atoms with E-state index >= 15 is 0 Å². The fourth-order valence-electron chi connectivity index (χ4n) is 2.52. The van der Waals surface area contributed by atoms with Crippen LogP contribution in [0.4, 0.5) is 10.1 Å². The van der Waals surface area contributed by atoms with Gasteiger partial charge in [0.2, 0.25) is 0 Å². The molecule has 2 N–H and O–H groups in total. The first-order chi connectivity index (χ1) is 12.1. The van der Waals surface area contributed by atoms with E-state index in [9.17, 15) is 4.39 Å². The zero-order chi connectivity index (χ0) is 17.6. The molecule has 0 bridgehead atoms. The van der Waals surface area contributed by atoms with Crippen molar-refractivity contribution < 1.29 is 4.39 Å². The SMILES string of the molecule is Fc1ccc(NC(=S)NC(c2ccccc2)c2ccccc2)cc1Cl. The fraction of sp³-hybridized carbons (Fsp3) is 0.0500. The summed E-state index contributed by atoms with van der Waals surface area (Å²) in [5.41, 5.74) is 2.81. The van der Waals surface area contributed by atoms with E-state index in [1.54, 1.807) is 6.07 Å². The topological polar surface area (TPSA) is 24.1 Å². The van der Waals surface area contributed by atoms with Crippen molar-refractivity contribution >= 4 is 34.6 Å². The van der Waals surface area contributed by atoms with Crippen LogP contribution in [0.1, 0.15) is 17.2 Å². The Labute approximate surface area is 156 Å². The Morgan fingerprint density at radius 1 is 0.880 bits per heavy atom. The van der Waals surface area contributed by atoms with Gasteiger partial charge in [-0.15, -0.1) is 0 Å². The average molecular weight is 371 g/mol. The number of rotatable bonds is 4. The monoisotopic (exact) mass is 370 g/mol. The van der Waals surface area contributed by atoms with Crippen molar-refractivity contribution in [3.05, 3.63) is 101 Å². The van der Waals surface area contributed by atoms with Gasteiger partial charge in [0, 0.05) is 5.69 Å². The Morgan fingerprint density at radius 3 is 1.96 bits per heavy atom. The third-order valence-corrected chi connectivity index (χ3v) is 4.23. The molecule has 3 aromatic rings. The molecule has 5 heteroatoms. The Morgan fingerprint density at radius 2 is 1.44 bits per heavy atom. The van der Waals surface area contributed by atoms with Crippen LogP contribution in [0.2, 0.25) is 5.02 Å². The largest absolute Gasteiger partial charge is 0.352 e. The molecule has 0 fully saturated rings. The van der Waals surface area contributed by atoms with Crippen molar-refractivity contribution in [2.24, 2.45) is 0 Å². The van der Waals surface area contributed by atoms with Gasteiger partial charge in [-0.2, -0.15) is 0 Å². The van der Waals surface area contributed by atoms with Gasteiger partial charge < -0.3 is 10.6 Å². The number of nitrogens with one attached hydrogen (secondary N) is 2. The van der Waals surface area contributed by atoms with Crippen LogP contribution in [0.5, 0.6) is 0 Å². The second-order valence-electron chi connectivity index (χ2n) is 5.48. The summed E-state index contributed by atoms with van der Waals surface area (Å²) in [6, 6.07) is 24.4. The lowest BCUT2D eigenvalue weighted by Gasteiger charge is -2.22. The normalized spacial score (nSPS) is 10.5. The van der Waals surface area contributed by atoms with Crippen molar-refractivity contribution in [2.75, 3.05) is 5.32 Å². The van der Waals surface area contributed by atoms with Crippen LogP contribution >= 0.6 is 23.8 Å². The molecule has 0 amide bonds. The third kappa shape index (κ3) is 4.56. The standard InChI is InChI=1S/C20H16ClFN2S/c21-17-13-16(11-12-18(17)22)23-20(25)24-19(14-7-3-1-4-8-14)15-9-5-2-6-10-15/h1-13,19H,(H2,23,24,25). The van der Waals surface area contributed by atoms with Crippen LogP contribution in [0, 0.1) is 5.82 Å². The van der Waals surface area contributed by atoms with E-state index in [1.807, 2.05) is 60.7 Å². The van der Waals surface area contributed by atoms with Crippen molar-refractivity contribution in [3.63, 3.8) is 0 Å². The highest BCUT2D eigenvalue weighted by molar-refractivity contribution is 7.80. The Hall–Kier alpha value is -2.43. The molecular weight excluding hydrogens is 355 g/mol. The average Bonchev–Trinajstić information content (AvgIpc) is 2.64. The highest BCUT2D eigenvalue weighted by Gasteiger charge is 2.15. The van der Waals surface area contributed by atoms with Crippen LogP contribution < -0.4 is 10.6 Å². The van der Waals surface area contributed by atoms with Crippen molar-refractivity contribution in [2.45, 2.75) is 6.04 Å². The van der Waals surface area contributed by atoms with Gasteiger partial charge in [0.05, 0.1) is 11.1 Å². The Balaban J connectivity index is 1.80. The molecule has 25 heavy (non-hydrogen) atoms. The van der Waals surface area contributed by atoms with Gasteiger partial charge in [-0.05, 0) is 41.5 Å². The molecule has 126 valence electrons. The van der Waals surface area contributed by atoms with Gasteiger partial charge in [-0.25, -0.2) is 4.39 Å². The van der Waals surface area contributed by atoms with E-state index in [2.05, 4.69) is 10.6 Å². The summed E-state index contributed by atoms with van der Waals surface area (Å²) in [7, 11) is 0. The zero-order valence-electron chi connectivity index (χ0n) is 13.2. The number of hydrogen-bond donors (Lipinski definition) is 2. The van der Waals surface area contributed by atoms with Gasteiger partial charge in [-0.3, -0.25) is 0 Å². The summed E-state index contributed by atoms with van der Waals surface area (Å²) >= 11 is 11.2.